The number of hydrogen-bond acceptors (Lipinski definition) is 6. The monoisotopic (exact) mass is 286 g/mol. The number of nitrogens with one attached hydrogen (secondary N) is 1. The Morgan fingerprint density at radius 1 is 1.42 bits per heavy atom. The predicted molar refractivity (Wildman–Crippen MR) is 69.8 cm³/mol. The van der Waals surface area contributed by atoms with Gasteiger partial charge in [0.2, 0.25) is 0 Å². The minimum atomic E-state index is -1.54. The van der Waals surface area contributed by atoms with Gasteiger partial charge in [0.05, 0.1) is 6.61 Å². The maximum atomic E-state index is 12.0. The molecule has 19 heavy (non-hydrogen) atoms. The summed E-state index contributed by atoms with van der Waals surface area (Å²) in [6, 6.07) is 0. The maximum absolute atomic E-state index is 12.0. The van der Waals surface area contributed by atoms with E-state index in [1.165, 1.54) is 6.08 Å². The van der Waals surface area contributed by atoms with Gasteiger partial charge in [-0.15, -0.1) is 6.58 Å². The molecule has 1 aliphatic rings. The quantitative estimate of drug-likeness (QED) is 0.202. The summed E-state index contributed by atoms with van der Waals surface area (Å²) in [7, 11) is 0. The van der Waals surface area contributed by atoms with Crippen molar-refractivity contribution in [2.24, 2.45) is 0 Å². The van der Waals surface area contributed by atoms with Gasteiger partial charge in [0.1, 0.15) is 17.8 Å². The van der Waals surface area contributed by atoms with Gasteiger partial charge in [0.15, 0.2) is 5.11 Å². The highest BCUT2D eigenvalue weighted by molar-refractivity contribution is 7.80. The number of nitrogens with zero attached hydrogens (tertiary/aromatic N) is 1. The van der Waals surface area contributed by atoms with Crippen LogP contribution < -0.4 is 5.32 Å². The third-order valence-electron chi connectivity index (χ3n) is 2.42. The molecule has 1 aliphatic heterocycles. The first-order valence-corrected chi connectivity index (χ1v) is 5.80. The minimum Gasteiger partial charge on any atom is -0.394 e. The molecular weight excluding hydrogens is 272 g/mol. The predicted octanol–water partition coefficient (Wildman–Crippen LogP) is -1.94. The number of aliphatic hydroxyl groups excluding tert-OH is 3. The molecule has 0 unspecified atom stereocenters. The van der Waals surface area contributed by atoms with E-state index in [0.717, 1.165) is 11.0 Å². The minimum absolute atomic E-state index is 0.0516. The van der Waals surface area contributed by atoms with E-state index in [4.69, 9.17) is 17.3 Å². The first-order chi connectivity index (χ1) is 8.92. The normalized spacial score (nSPS) is 21.3. The fraction of sp³-hybridized carbons (Fsp3) is 0.364. The van der Waals surface area contributed by atoms with Gasteiger partial charge in [-0.2, -0.15) is 0 Å². The van der Waals surface area contributed by atoms with Gasteiger partial charge in [-0.25, -0.2) is 0 Å². The van der Waals surface area contributed by atoms with Crippen molar-refractivity contribution in [1.29, 1.82) is 0 Å². The molecule has 0 saturated carbocycles. The lowest BCUT2D eigenvalue weighted by Crippen LogP contribution is -2.54. The number of carbonyl (C=O) groups is 2. The van der Waals surface area contributed by atoms with E-state index in [-0.39, 0.29) is 17.2 Å². The molecule has 2 atom stereocenters. The molecule has 0 radical (unpaired) electrons. The van der Waals surface area contributed by atoms with Gasteiger partial charge >= 0.3 is 0 Å². The number of thiocarbonyl (C=S) groups is 1. The molecule has 104 valence electrons. The summed E-state index contributed by atoms with van der Waals surface area (Å²) in [6.45, 7) is 2.87. The molecular formula is C11H14N2O5S. The molecule has 1 heterocycles. The first-order valence-electron chi connectivity index (χ1n) is 5.39. The lowest BCUT2D eigenvalue weighted by molar-refractivity contribution is -0.128. The molecule has 0 aromatic rings. The molecule has 4 N–H and O–H groups in total. The first kappa shape index (κ1) is 15.4. The van der Waals surface area contributed by atoms with Crippen LogP contribution >= 0.6 is 12.2 Å². The van der Waals surface area contributed by atoms with Crippen LogP contribution in [0.15, 0.2) is 24.3 Å². The van der Waals surface area contributed by atoms with Crippen molar-refractivity contribution in [3.05, 3.63) is 24.3 Å². The van der Waals surface area contributed by atoms with Crippen LogP contribution in [0.2, 0.25) is 0 Å². The zero-order chi connectivity index (χ0) is 14.6. The summed E-state index contributed by atoms with van der Waals surface area (Å²) in [6.07, 6.45) is -0.698. The Morgan fingerprint density at radius 3 is 2.58 bits per heavy atom. The Labute approximate surface area is 114 Å². The SMILES string of the molecule is C=CCN1C(=O)/C(=C/[C@H](O)[C@H](O)CO)C(=O)NC1=S. The number of carbonyl (C=O) groups excluding carboxylic acids is 2. The van der Waals surface area contributed by atoms with E-state index in [0.29, 0.717) is 0 Å². The van der Waals surface area contributed by atoms with Crippen LogP contribution in [-0.2, 0) is 9.59 Å². The lowest BCUT2D eigenvalue weighted by Gasteiger charge is -2.28. The van der Waals surface area contributed by atoms with Gasteiger partial charge in [-0.1, -0.05) is 6.08 Å². The fourth-order valence-electron chi connectivity index (χ4n) is 1.40. The molecule has 8 heteroatoms. The summed E-state index contributed by atoms with van der Waals surface area (Å²) in [5, 5.41) is 29.6. The lowest BCUT2D eigenvalue weighted by atomic mass is 10.1. The van der Waals surface area contributed by atoms with Gasteiger partial charge in [0, 0.05) is 6.54 Å². The molecule has 0 aromatic heterocycles. The van der Waals surface area contributed by atoms with Crippen molar-refractivity contribution >= 4 is 29.1 Å². The summed E-state index contributed by atoms with van der Waals surface area (Å²) in [5.74, 6) is -1.46. The largest absolute Gasteiger partial charge is 0.394 e. The Bertz CT molecular complexity index is 448. The van der Waals surface area contributed by atoms with Crippen LogP contribution in [0, 0.1) is 0 Å². The van der Waals surface area contributed by atoms with Crippen LogP contribution in [0.1, 0.15) is 0 Å². The topological polar surface area (TPSA) is 110 Å². The smallest absolute Gasteiger partial charge is 0.265 e. The third-order valence-corrected chi connectivity index (χ3v) is 2.74. The van der Waals surface area contributed by atoms with Crippen molar-refractivity contribution < 1.29 is 24.9 Å². The molecule has 0 aromatic carbocycles. The Hall–Kier alpha value is -1.61. The van der Waals surface area contributed by atoms with E-state index >= 15 is 0 Å². The maximum Gasteiger partial charge on any atom is 0.265 e. The van der Waals surface area contributed by atoms with Crippen molar-refractivity contribution in [1.82, 2.24) is 10.2 Å². The highest BCUT2D eigenvalue weighted by Crippen LogP contribution is 2.12. The molecule has 1 rings (SSSR count). The standard InChI is InChI=1S/C11H14N2O5S/c1-2-3-13-10(18)6(9(17)12-11(13)19)4-7(15)8(16)5-14/h2,4,7-8,14-16H,1,3,5H2,(H,12,17,19)/b6-4+/t7-,8+/m0/s1. The van der Waals surface area contributed by atoms with Gasteiger partial charge in [0.25, 0.3) is 11.8 Å². The van der Waals surface area contributed by atoms with E-state index in [1.807, 2.05) is 0 Å². The van der Waals surface area contributed by atoms with Crippen molar-refractivity contribution in [2.45, 2.75) is 12.2 Å². The Morgan fingerprint density at radius 2 is 2.05 bits per heavy atom. The number of rotatable bonds is 5. The van der Waals surface area contributed by atoms with E-state index in [9.17, 15) is 19.8 Å². The third kappa shape index (κ3) is 3.44. The molecule has 0 spiro atoms. The second kappa shape index (κ2) is 6.53. The number of aliphatic hydroxyl groups is 3. The van der Waals surface area contributed by atoms with Crippen LogP contribution in [0.3, 0.4) is 0 Å². The van der Waals surface area contributed by atoms with Crippen LogP contribution in [0.5, 0.6) is 0 Å². The zero-order valence-electron chi connectivity index (χ0n) is 9.94. The molecule has 0 aliphatic carbocycles. The van der Waals surface area contributed by atoms with Gasteiger partial charge < -0.3 is 15.3 Å². The van der Waals surface area contributed by atoms with E-state index in [2.05, 4.69) is 11.9 Å². The number of hydrogen-bond donors (Lipinski definition) is 4. The molecule has 1 fully saturated rings. The Balaban J connectivity index is 3.01. The summed E-state index contributed by atoms with van der Waals surface area (Å²) in [4.78, 5) is 24.7. The second-order valence-corrected chi connectivity index (χ2v) is 4.17. The average Bonchev–Trinajstić information content (AvgIpc) is 2.38. The highest BCUT2D eigenvalue weighted by atomic mass is 32.1. The van der Waals surface area contributed by atoms with Crippen molar-refractivity contribution in [2.75, 3.05) is 13.2 Å². The van der Waals surface area contributed by atoms with Crippen LogP contribution in [0.25, 0.3) is 0 Å². The number of amides is 2. The summed E-state index contributed by atoms with van der Waals surface area (Å²) < 4.78 is 0. The molecule has 1 saturated heterocycles. The second-order valence-electron chi connectivity index (χ2n) is 3.78. The summed E-state index contributed by atoms with van der Waals surface area (Å²) in [5.41, 5.74) is -0.351. The zero-order valence-corrected chi connectivity index (χ0v) is 10.8. The van der Waals surface area contributed by atoms with Gasteiger partial charge in [-0.05, 0) is 18.3 Å². The fourth-order valence-corrected chi connectivity index (χ4v) is 1.65. The molecule has 0 bridgehead atoms. The molecule has 2 amide bonds. The van der Waals surface area contributed by atoms with Crippen LogP contribution in [-0.4, -0.2) is 62.5 Å². The molecule has 7 nitrogen and oxygen atoms in total. The van der Waals surface area contributed by atoms with E-state index < -0.39 is 30.6 Å². The van der Waals surface area contributed by atoms with E-state index in [1.54, 1.807) is 0 Å². The van der Waals surface area contributed by atoms with Gasteiger partial charge in [-0.3, -0.25) is 19.8 Å². The van der Waals surface area contributed by atoms with Crippen molar-refractivity contribution in [3.63, 3.8) is 0 Å². The van der Waals surface area contributed by atoms with Crippen molar-refractivity contribution in [3.8, 4) is 0 Å². The van der Waals surface area contributed by atoms with Crippen LogP contribution in [0.4, 0.5) is 0 Å². The highest BCUT2D eigenvalue weighted by Gasteiger charge is 2.33. The Kier molecular flexibility index (Phi) is 5.31. The average molecular weight is 286 g/mol. The summed E-state index contributed by atoms with van der Waals surface area (Å²) >= 11 is 4.83.